The van der Waals surface area contributed by atoms with Gasteiger partial charge in [-0.3, -0.25) is 0 Å². The summed E-state index contributed by atoms with van der Waals surface area (Å²) in [6.45, 7) is 2.09. The number of hydrogen-bond acceptors (Lipinski definition) is 4. The highest BCUT2D eigenvalue weighted by atomic mass is 79.9. The minimum absolute atomic E-state index is 0.329. The van der Waals surface area contributed by atoms with Crippen LogP contribution >= 0.6 is 15.9 Å². The SMILES string of the molecule is CCOC(=O)c1cccnc1-n1cc(Br)cn1. The van der Waals surface area contributed by atoms with Crippen LogP contribution in [0.15, 0.2) is 35.2 Å². The molecule has 0 aliphatic carbocycles. The summed E-state index contributed by atoms with van der Waals surface area (Å²) >= 11 is 3.29. The van der Waals surface area contributed by atoms with Gasteiger partial charge < -0.3 is 4.74 Å². The van der Waals surface area contributed by atoms with Gasteiger partial charge in [0.2, 0.25) is 0 Å². The topological polar surface area (TPSA) is 57.0 Å². The predicted octanol–water partition coefficient (Wildman–Crippen LogP) is 2.21. The molecule has 0 bridgehead atoms. The van der Waals surface area contributed by atoms with Gasteiger partial charge in [-0.1, -0.05) is 0 Å². The maximum atomic E-state index is 11.7. The van der Waals surface area contributed by atoms with Gasteiger partial charge in [0.05, 0.1) is 17.3 Å². The van der Waals surface area contributed by atoms with Crippen LogP contribution in [0.2, 0.25) is 0 Å². The number of carbonyl (C=O) groups excluding carboxylic acids is 1. The van der Waals surface area contributed by atoms with E-state index in [2.05, 4.69) is 26.0 Å². The Labute approximate surface area is 107 Å². The van der Waals surface area contributed by atoms with E-state index in [-0.39, 0.29) is 0 Å². The third-order valence-corrected chi connectivity index (χ3v) is 2.46. The van der Waals surface area contributed by atoms with E-state index in [0.29, 0.717) is 18.0 Å². The van der Waals surface area contributed by atoms with E-state index in [9.17, 15) is 4.79 Å². The van der Waals surface area contributed by atoms with Crippen molar-refractivity contribution in [2.75, 3.05) is 6.61 Å². The largest absolute Gasteiger partial charge is 0.462 e. The van der Waals surface area contributed by atoms with Crippen LogP contribution in [0, 0.1) is 0 Å². The first-order valence-electron chi connectivity index (χ1n) is 5.05. The van der Waals surface area contributed by atoms with Crippen molar-refractivity contribution < 1.29 is 9.53 Å². The van der Waals surface area contributed by atoms with Crippen molar-refractivity contribution in [3.05, 3.63) is 40.8 Å². The van der Waals surface area contributed by atoms with Gasteiger partial charge in [-0.25, -0.2) is 14.5 Å². The van der Waals surface area contributed by atoms with E-state index in [0.717, 1.165) is 4.47 Å². The van der Waals surface area contributed by atoms with Crippen molar-refractivity contribution in [2.24, 2.45) is 0 Å². The molecule has 2 rings (SSSR count). The molecular weight excluding hydrogens is 286 g/mol. The molecule has 0 aliphatic heterocycles. The molecule has 0 N–H and O–H groups in total. The molecule has 2 aromatic heterocycles. The molecule has 2 heterocycles. The minimum Gasteiger partial charge on any atom is -0.462 e. The van der Waals surface area contributed by atoms with Crippen LogP contribution in [-0.4, -0.2) is 27.3 Å². The zero-order chi connectivity index (χ0) is 12.3. The van der Waals surface area contributed by atoms with E-state index < -0.39 is 5.97 Å². The smallest absolute Gasteiger partial charge is 0.341 e. The zero-order valence-corrected chi connectivity index (χ0v) is 10.7. The zero-order valence-electron chi connectivity index (χ0n) is 9.13. The fourth-order valence-electron chi connectivity index (χ4n) is 1.36. The van der Waals surface area contributed by atoms with Crippen molar-refractivity contribution >= 4 is 21.9 Å². The first-order chi connectivity index (χ1) is 8.22. The molecule has 0 radical (unpaired) electrons. The maximum Gasteiger partial charge on any atom is 0.341 e. The van der Waals surface area contributed by atoms with Crippen molar-refractivity contribution in [3.63, 3.8) is 0 Å². The van der Waals surface area contributed by atoms with Crippen LogP contribution in [-0.2, 0) is 4.74 Å². The first kappa shape index (κ1) is 11.8. The highest BCUT2D eigenvalue weighted by Crippen LogP contribution is 2.15. The monoisotopic (exact) mass is 295 g/mol. The minimum atomic E-state index is -0.401. The number of carbonyl (C=O) groups is 1. The summed E-state index contributed by atoms with van der Waals surface area (Å²) in [5, 5.41) is 4.09. The summed E-state index contributed by atoms with van der Waals surface area (Å²) in [5.74, 6) is 0.0545. The van der Waals surface area contributed by atoms with Gasteiger partial charge in [-0.2, -0.15) is 5.10 Å². The molecule has 2 aromatic rings. The van der Waals surface area contributed by atoms with E-state index >= 15 is 0 Å². The van der Waals surface area contributed by atoms with Crippen molar-refractivity contribution in [1.29, 1.82) is 0 Å². The molecule has 0 unspecified atom stereocenters. The van der Waals surface area contributed by atoms with Gasteiger partial charge in [-0.05, 0) is 35.0 Å². The molecule has 5 nitrogen and oxygen atoms in total. The Hall–Kier alpha value is -1.69. The van der Waals surface area contributed by atoms with Gasteiger partial charge in [0.15, 0.2) is 5.82 Å². The van der Waals surface area contributed by atoms with Crippen LogP contribution in [0.1, 0.15) is 17.3 Å². The summed E-state index contributed by atoms with van der Waals surface area (Å²) in [5.41, 5.74) is 0.393. The fraction of sp³-hybridized carbons (Fsp3) is 0.182. The summed E-state index contributed by atoms with van der Waals surface area (Å²) in [6.07, 6.45) is 4.96. The molecule has 6 heteroatoms. The number of esters is 1. The molecule has 0 amide bonds. The average molecular weight is 296 g/mol. The van der Waals surface area contributed by atoms with Crippen LogP contribution in [0.5, 0.6) is 0 Å². The number of pyridine rings is 1. The highest BCUT2D eigenvalue weighted by Gasteiger charge is 2.15. The lowest BCUT2D eigenvalue weighted by Gasteiger charge is -2.06. The van der Waals surface area contributed by atoms with Crippen LogP contribution in [0.4, 0.5) is 0 Å². The quantitative estimate of drug-likeness (QED) is 0.815. The number of halogens is 1. The molecule has 0 saturated carbocycles. The molecule has 0 fully saturated rings. The lowest BCUT2D eigenvalue weighted by atomic mass is 10.2. The Morgan fingerprint density at radius 1 is 1.59 bits per heavy atom. The maximum absolute atomic E-state index is 11.7. The van der Waals surface area contributed by atoms with Crippen LogP contribution < -0.4 is 0 Å². The Kier molecular flexibility index (Phi) is 3.53. The lowest BCUT2D eigenvalue weighted by Crippen LogP contribution is -2.11. The summed E-state index contributed by atoms with van der Waals surface area (Å²) in [4.78, 5) is 15.9. The van der Waals surface area contributed by atoms with Crippen molar-refractivity contribution in [3.8, 4) is 5.82 Å². The molecule has 0 saturated heterocycles. The van der Waals surface area contributed by atoms with E-state index in [4.69, 9.17) is 4.74 Å². The highest BCUT2D eigenvalue weighted by molar-refractivity contribution is 9.10. The van der Waals surface area contributed by atoms with Gasteiger partial charge >= 0.3 is 5.97 Å². The van der Waals surface area contributed by atoms with E-state index in [1.165, 1.54) is 4.68 Å². The molecule has 88 valence electrons. The first-order valence-corrected chi connectivity index (χ1v) is 5.84. The van der Waals surface area contributed by atoms with E-state index in [1.54, 1.807) is 37.6 Å². The third kappa shape index (κ3) is 2.52. The second kappa shape index (κ2) is 5.09. The normalized spacial score (nSPS) is 10.2. The molecule has 0 atom stereocenters. The Morgan fingerprint density at radius 3 is 3.06 bits per heavy atom. The predicted molar refractivity (Wildman–Crippen MR) is 65.0 cm³/mol. The van der Waals surface area contributed by atoms with Crippen LogP contribution in [0.25, 0.3) is 5.82 Å². The molecule has 0 aromatic carbocycles. The van der Waals surface area contributed by atoms with E-state index in [1.807, 2.05) is 0 Å². The molecule has 17 heavy (non-hydrogen) atoms. The van der Waals surface area contributed by atoms with Crippen molar-refractivity contribution in [2.45, 2.75) is 6.92 Å². The second-order valence-electron chi connectivity index (χ2n) is 3.20. The number of aromatic nitrogens is 3. The molecular formula is C11H10BrN3O2. The third-order valence-electron chi connectivity index (χ3n) is 2.05. The summed E-state index contributed by atoms with van der Waals surface area (Å²) in [7, 11) is 0. The van der Waals surface area contributed by atoms with Crippen LogP contribution in [0.3, 0.4) is 0 Å². The lowest BCUT2D eigenvalue weighted by molar-refractivity contribution is 0.0525. The van der Waals surface area contributed by atoms with Gasteiger partial charge in [0.25, 0.3) is 0 Å². The van der Waals surface area contributed by atoms with Crippen molar-refractivity contribution in [1.82, 2.24) is 14.8 Å². The summed E-state index contributed by atoms with van der Waals surface area (Å²) in [6, 6.07) is 3.35. The summed E-state index contributed by atoms with van der Waals surface area (Å²) < 4.78 is 7.31. The molecule has 0 aliphatic rings. The van der Waals surface area contributed by atoms with Gasteiger partial charge in [-0.15, -0.1) is 0 Å². The number of ether oxygens (including phenoxy) is 1. The second-order valence-corrected chi connectivity index (χ2v) is 4.11. The fourth-order valence-corrected chi connectivity index (χ4v) is 1.65. The number of rotatable bonds is 3. The Balaban J connectivity index is 2.44. The van der Waals surface area contributed by atoms with Gasteiger partial charge in [0.1, 0.15) is 5.56 Å². The average Bonchev–Trinajstić information content (AvgIpc) is 2.76. The molecule has 0 spiro atoms. The van der Waals surface area contributed by atoms with Gasteiger partial charge in [0, 0.05) is 12.4 Å². The number of nitrogens with zero attached hydrogens (tertiary/aromatic N) is 3. The Morgan fingerprint density at radius 2 is 2.41 bits per heavy atom. The standard InChI is InChI=1S/C11H10BrN3O2/c1-2-17-11(16)9-4-3-5-13-10(9)15-7-8(12)6-14-15/h3-7H,2H2,1H3. The Bertz CT molecular complexity index is 539. The number of hydrogen-bond donors (Lipinski definition) is 0.